The molecule has 0 saturated heterocycles. The van der Waals surface area contributed by atoms with Gasteiger partial charge in [0.1, 0.15) is 10.7 Å². The fourth-order valence-corrected chi connectivity index (χ4v) is 2.68. The molecular formula is C10H11FO4S. The number of hydrogen-bond acceptors (Lipinski definition) is 3. The minimum atomic E-state index is -3.74. The van der Waals surface area contributed by atoms with Crippen LogP contribution in [-0.4, -0.2) is 25.2 Å². The first-order valence-electron chi connectivity index (χ1n) is 4.64. The zero-order chi connectivity index (χ0) is 12.3. The van der Waals surface area contributed by atoms with Crippen LogP contribution < -0.4 is 0 Å². The predicted molar refractivity (Wildman–Crippen MR) is 55.7 cm³/mol. The van der Waals surface area contributed by atoms with Crippen molar-refractivity contribution >= 4 is 15.8 Å². The van der Waals surface area contributed by atoms with Gasteiger partial charge < -0.3 is 5.11 Å². The molecule has 1 aromatic carbocycles. The Morgan fingerprint density at radius 2 is 2.06 bits per heavy atom. The Bertz CT molecular complexity index is 508. The van der Waals surface area contributed by atoms with Crippen molar-refractivity contribution in [1.82, 2.24) is 0 Å². The van der Waals surface area contributed by atoms with Crippen LogP contribution in [0.25, 0.3) is 0 Å². The maximum Gasteiger partial charge on any atom is 0.335 e. The first kappa shape index (κ1) is 12.6. The summed E-state index contributed by atoms with van der Waals surface area (Å²) in [7, 11) is -3.74. The molecule has 0 aliphatic carbocycles. The Labute approximate surface area is 92.6 Å². The second kappa shape index (κ2) is 4.61. The molecule has 1 rings (SSSR count). The third-order valence-corrected chi connectivity index (χ3v) is 3.91. The molecule has 1 N–H and O–H groups in total. The van der Waals surface area contributed by atoms with E-state index in [-0.39, 0.29) is 11.3 Å². The molecule has 0 fully saturated rings. The number of hydrogen-bond donors (Lipinski definition) is 1. The number of carboxylic acid groups (broad SMARTS) is 1. The van der Waals surface area contributed by atoms with Gasteiger partial charge in [-0.25, -0.2) is 17.6 Å². The maximum atomic E-state index is 13.3. The molecule has 0 atom stereocenters. The Kier molecular flexibility index (Phi) is 3.64. The highest BCUT2D eigenvalue weighted by Gasteiger charge is 2.20. The lowest BCUT2D eigenvalue weighted by Crippen LogP contribution is -2.10. The van der Waals surface area contributed by atoms with Gasteiger partial charge in [-0.2, -0.15) is 0 Å². The minimum absolute atomic E-state index is 0.201. The zero-order valence-corrected chi connectivity index (χ0v) is 9.42. The van der Waals surface area contributed by atoms with Crippen LogP contribution in [0.1, 0.15) is 23.7 Å². The van der Waals surface area contributed by atoms with Crippen molar-refractivity contribution in [3.63, 3.8) is 0 Å². The maximum absolute atomic E-state index is 13.3. The van der Waals surface area contributed by atoms with Crippen molar-refractivity contribution in [2.75, 3.05) is 5.75 Å². The third-order valence-electron chi connectivity index (χ3n) is 1.99. The summed E-state index contributed by atoms with van der Waals surface area (Å²) in [4.78, 5) is 10.1. The van der Waals surface area contributed by atoms with Crippen LogP contribution in [0.5, 0.6) is 0 Å². The first-order chi connectivity index (χ1) is 7.38. The lowest BCUT2D eigenvalue weighted by atomic mass is 10.2. The zero-order valence-electron chi connectivity index (χ0n) is 8.60. The van der Waals surface area contributed by atoms with Crippen molar-refractivity contribution in [3.8, 4) is 0 Å². The largest absolute Gasteiger partial charge is 0.478 e. The molecule has 0 aliphatic heterocycles. The van der Waals surface area contributed by atoms with Crippen LogP contribution in [-0.2, 0) is 9.84 Å². The van der Waals surface area contributed by atoms with Gasteiger partial charge in [-0.15, -0.1) is 0 Å². The average Bonchev–Trinajstić information content (AvgIpc) is 2.17. The lowest BCUT2D eigenvalue weighted by Gasteiger charge is -2.05. The van der Waals surface area contributed by atoms with Crippen LogP contribution >= 0.6 is 0 Å². The van der Waals surface area contributed by atoms with Gasteiger partial charge in [0.05, 0.1) is 11.3 Å². The number of carboxylic acids is 1. The van der Waals surface area contributed by atoms with Crippen molar-refractivity contribution in [1.29, 1.82) is 0 Å². The van der Waals surface area contributed by atoms with E-state index in [9.17, 15) is 17.6 Å². The molecule has 0 radical (unpaired) electrons. The van der Waals surface area contributed by atoms with Crippen molar-refractivity contribution in [3.05, 3.63) is 29.6 Å². The summed E-state index contributed by atoms with van der Waals surface area (Å²) in [6.07, 6.45) is 0.346. The average molecular weight is 246 g/mol. The van der Waals surface area contributed by atoms with Crippen molar-refractivity contribution < 1.29 is 22.7 Å². The molecular weight excluding hydrogens is 235 g/mol. The van der Waals surface area contributed by atoms with E-state index in [1.54, 1.807) is 6.92 Å². The Morgan fingerprint density at radius 3 is 2.56 bits per heavy atom. The number of benzene rings is 1. The molecule has 4 nitrogen and oxygen atoms in total. The van der Waals surface area contributed by atoms with Gasteiger partial charge in [-0.05, 0) is 24.6 Å². The summed E-state index contributed by atoms with van der Waals surface area (Å²) in [5.41, 5.74) is -0.240. The molecule has 88 valence electrons. The highest BCUT2D eigenvalue weighted by atomic mass is 32.2. The first-order valence-corrected chi connectivity index (χ1v) is 6.29. The van der Waals surface area contributed by atoms with Crippen LogP contribution in [0.3, 0.4) is 0 Å². The van der Waals surface area contributed by atoms with Crippen molar-refractivity contribution in [2.45, 2.75) is 18.2 Å². The lowest BCUT2D eigenvalue weighted by molar-refractivity contribution is 0.0696. The van der Waals surface area contributed by atoms with Gasteiger partial charge in [-0.1, -0.05) is 6.92 Å². The van der Waals surface area contributed by atoms with E-state index in [4.69, 9.17) is 5.11 Å². The number of sulfone groups is 1. The van der Waals surface area contributed by atoms with Gasteiger partial charge in [0.25, 0.3) is 0 Å². The van der Waals surface area contributed by atoms with Crippen molar-refractivity contribution in [2.24, 2.45) is 0 Å². The van der Waals surface area contributed by atoms with E-state index in [2.05, 4.69) is 0 Å². The standard InChI is InChI=1S/C10H11FO4S/c1-2-5-16(14,15)9-6-7(10(12)13)3-4-8(9)11/h3-4,6H,2,5H2,1H3,(H,12,13). The summed E-state index contributed by atoms with van der Waals surface area (Å²) in [6.45, 7) is 1.65. The second-order valence-corrected chi connectivity index (χ2v) is 5.35. The Morgan fingerprint density at radius 1 is 1.44 bits per heavy atom. The molecule has 0 saturated carbocycles. The summed E-state index contributed by atoms with van der Waals surface area (Å²) in [5, 5.41) is 8.68. The molecule has 0 bridgehead atoms. The van der Waals surface area contributed by atoms with Gasteiger partial charge in [0.2, 0.25) is 0 Å². The molecule has 0 amide bonds. The van der Waals surface area contributed by atoms with E-state index in [1.807, 2.05) is 0 Å². The third kappa shape index (κ3) is 2.57. The fraction of sp³-hybridized carbons (Fsp3) is 0.300. The van der Waals surface area contributed by atoms with Gasteiger partial charge in [0.15, 0.2) is 9.84 Å². The highest BCUT2D eigenvalue weighted by molar-refractivity contribution is 7.91. The second-order valence-electron chi connectivity index (χ2n) is 3.27. The summed E-state index contributed by atoms with van der Waals surface area (Å²) in [6, 6.07) is 2.73. The van der Waals surface area contributed by atoms with Crippen LogP contribution in [0.15, 0.2) is 23.1 Å². The van der Waals surface area contributed by atoms with E-state index in [0.717, 1.165) is 18.2 Å². The molecule has 0 spiro atoms. The summed E-state index contributed by atoms with van der Waals surface area (Å²) in [5.74, 6) is -2.40. The van der Waals surface area contributed by atoms with E-state index >= 15 is 0 Å². The molecule has 0 heterocycles. The van der Waals surface area contributed by atoms with E-state index in [1.165, 1.54) is 0 Å². The normalized spacial score (nSPS) is 11.4. The van der Waals surface area contributed by atoms with Crippen LogP contribution in [0.2, 0.25) is 0 Å². The quantitative estimate of drug-likeness (QED) is 0.877. The molecule has 6 heteroatoms. The Balaban J connectivity index is 3.33. The summed E-state index contributed by atoms with van der Waals surface area (Å²) >= 11 is 0. The van der Waals surface area contributed by atoms with E-state index in [0.29, 0.717) is 6.42 Å². The van der Waals surface area contributed by atoms with Gasteiger partial charge in [-0.3, -0.25) is 0 Å². The van der Waals surface area contributed by atoms with Gasteiger partial charge in [0, 0.05) is 0 Å². The molecule has 0 aromatic heterocycles. The monoisotopic (exact) mass is 246 g/mol. The minimum Gasteiger partial charge on any atom is -0.478 e. The van der Waals surface area contributed by atoms with Crippen LogP contribution in [0.4, 0.5) is 4.39 Å². The number of rotatable bonds is 4. The SMILES string of the molecule is CCCS(=O)(=O)c1cc(C(=O)O)ccc1F. The molecule has 0 aliphatic rings. The van der Waals surface area contributed by atoms with Crippen LogP contribution in [0, 0.1) is 5.82 Å². The molecule has 0 unspecified atom stereocenters. The molecule has 1 aromatic rings. The number of aromatic carboxylic acids is 1. The number of halogens is 1. The van der Waals surface area contributed by atoms with Gasteiger partial charge >= 0.3 is 5.97 Å². The fourth-order valence-electron chi connectivity index (χ4n) is 1.25. The topological polar surface area (TPSA) is 71.4 Å². The summed E-state index contributed by atoms with van der Waals surface area (Å²) < 4.78 is 36.5. The highest BCUT2D eigenvalue weighted by Crippen LogP contribution is 2.18. The van der Waals surface area contributed by atoms with E-state index < -0.39 is 26.5 Å². The molecule has 16 heavy (non-hydrogen) atoms. The Hall–Kier alpha value is -1.43. The number of carbonyl (C=O) groups is 1. The predicted octanol–water partition coefficient (Wildman–Crippen LogP) is 1.71. The smallest absolute Gasteiger partial charge is 0.335 e.